The third-order valence-electron chi connectivity index (χ3n) is 7.26. The van der Waals surface area contributed by atoms with E-state index in [0.29, 0.717) is 35.8 Å². The summed E-state index contributed by atoms with van der Waals surface area (Å²) in [5.74, 6) is -1.57. The molecule has 0 aliphatic carbocycles. The number of nitrogens with zero attached hydrogens (tertiary/aromatic N) is 4. The van der Waals surface area contributed by atoms with Gasteiger partial charge < -0.3 is 24.6 Å². The van der Waals surface area contributed by atoms with Gasteiger partial charge in [0.1, 0.15) is 11.4 Å². The van der Waals surface area contributed by atoms with E-state index in [0.717, 1.165) is 55.7 Å². The molecular formula is C31H35F2N5O3. The summed E-state index contributed by atoms with van der Waals surface area (Å²) in [4.78, 5) is 22.4. The number of nitrogens with one attached hydrogen (secondary N) is 1. The first-order valence-corrected chi connectivity index (χ1v) is 13.8. The Kier molecular flexibility index (Phi) is 8.28. The van der Waals surface area contributed by atoms with Crippen molar-refractivity contribution in [3.05, 3.63) is 83.8 Å². The average Bonchev–Trinajstić information content (AvgIpc) is 3.40. The minimum atomic E-state index is -2.32. The fourth-order valence-corrected chi connectivity index (χ4v) is 5.05. The molecule has 0 saturated carbocycles. The van der Waals surface area contributed by atoms with Crippen LogP contribution in [0.25, 0.3) is 5.65 Å². The summed E-state index contributed by atoms with van der Waals surface area (Å²) in [6.07, 6.45) is 2.46. The lowest BCUT2D eigenvalue weighted by Crippen LogP contribution is -2.46. The van der Waals surface area contributed by atoms with Crippen LogP contribution in [0.5, 0.6) is 11.5 Å². The second-order valence-electron chi connectivity index (χ2n) is 10.2. The maximum Gasteiger partial charge on any atom is 0.273 e. The number of hydrogen-bond donors (Lipinski definition) is 1. The second kappa shape index (κ2) is 12.0. The Bertz CT molecular complexity index is 1480. The highest BCUT2D eigenvalue weighted by molar-refractivity contribution is 5.95. The predicted octanol–water partition coefficient (Wildman–Crippen LogP) is 5.20. The molecule has 0 bridgehead atoms. The third kappa shape index (κ3) is 6.21. The molecule has 1 N–H and O–H groups in total. The number of pyridine rings is 1. The van der Waals surface area contributed by atoms with Crippen LogP contribution in [-0.2, 0) is 13.0 Å². The Morgan fingerprint density at radius 1 is 1.00 bits per heavy atom. The third-order valence-corrected chi connectivity index (χ3v) is 7.26. The zero-order chi connectivity index (χ0) is 29.0. The molecule has 2 aromatic carbocycles. The number of rotatable bonds is 10. The van der Waals surface area contributed by atoms with Gasteiger partial charge in [-0.05, 0) is 60.5 Å². The van der Waals surface area contributed by atoms with Gasteiger partial charge in [0, 0.05) is 57.2 Å². The first kappa shape index (κ1) is 28.2. The second-order valence-corrected chi connectivity index (χ2v) is 10.2. The minimum Gasteiger partial charge on any atom is -0.493 e. The number of amides is 1. The number of imidazole rings is 1. The number of carbonyl (C=O) groups is 1. The van der Waals surface area contributed by atoms with E-state index in [4.69, 9.17) is 9.47 Å². The van der Waals surface area contributed by atoms with Crippen molar-refractivity contribution < 1.29 is 23.0 Å². The van der Waals surface area contributed by atoms with E-state index in [1.165, 1.54) is 0 Å². The normalized spacial score (nSPS) is 15.0. The number of halogens is 2. The summed E-state index contributed by atoms with van der Waals surface area (Å²) in [5.41, 5.74) is 5.03. The van der Waals surface area contributed by atoms with Crippen LogP contribution in [0.15, 0.2) is 66.9 Å². The standard InChI is InChI=1S/C31H35F2N5O3/c1-4-26-28(38-15-5-6-27(40-3)29(38)35-26)30(39)34-20-22-7-9-23(10-8-22)36-16-18-37(19-17-36)24-11-13-25(14-12-24)41-31(2,33)21-32/h5-15H,4,16-21H2,1-3H3,(H,34,39). The number of ether oxygens (including phenoxy) is 2. The van der Waals surface area contributed by atoms with E-state index in [1.807, 2.05) is 49.5 Å². The Hall–Kier alpha value is -4.34. The van der Waals surface area contributed by atoms with Gasteiger partial charge in [-0.15, -0.1) is 0 Å². The van der Waals surface area contributed by atoms with Crippen LogP contribution < -0.4 is 24.6 Å². The average molecular weight is 564 g/mol. The Morgan fingerprint density at radius 3 is 2.17 bits per heavy atom. The Morgan fingerprint density at radius 2 is 1.61 bits per heavy atom. The highest BCUT2D eigenvalue weighted by Gasteiger charge is 2.25. The monoisotopic (exact) mass is 563 g/mol. The van der Waals surface area contributed by atoms with Crippen LogP contribution in [0.1, 0.15) is 35.6 Å². The van der Waals surface area contributed by atoms with Crippen molar-refractivity contribution >= 4 is 22.9 Å². The fourth-order valence-electron chi connectivity index (χ4n) is 5.05. The first-order chi connectivity index (χ1) is 19.8. The van der Waals surface area contributed by atoms with Gasteiger partial charge >= 0.3 is 0 Å². The number of alkyl halides is 2. The summed E-state index contributed by atoms with van der Waals surface area (Å²) in [5, 5.41) is 3.04. The van der Waals surface area contributed by atoms with Gasteiger partial charge in [0.25, 0.3) is 11.8 Å². The van der Waals surface area contributed by atoms with Crippen LogP contribution in [0, 0.1) is 0 Å². The van der Waals surface area contributed by atoms with Crippen molar-refractivity contribution in [1.82, 2.24) is 14.7 Å². The van der Waals surface area contributed by atoms with E-state index in [-0.39, 0.29) is 5.91 Å². The molecule has 1 aliphatic heterocycles. The molecule has 4 aromatic rings. The number of aromatic nitrogens is 2. The molecule has 0 spiro atoms. The minimum absolute atomic E-state index is 0.177. The molecule has 1 atom stereocenters. The number of hydrogen-bond acceptors (Lipinski definition) is 6. The van der Waals surface area contributed by atoms with Gasteiger partial charge in [0.05, 0.1) is 12.8 Å². The molecule has 1 amide bonds. The molecule has 8 nitrogen and oxygen atoms in total. The van der Waals surface area contributed by atoms with E-state index in [9.17, 15) is 13.6 Å². The predicted molar refractivity (Wildman–Crippen MR) is 156 cm³/mol. The lowest BCUT2D eigenvalue weighted by Gasteiger charge is -2.37. The molecule has 5 rings (SSSR count). The summed E-state index contributed by atoms with van der Waals surface area (Å²) in [6, 6.07) is 19.0. The molecule has 1 fully saturated rings. The molecule has 3 heterocycles. The molecule has 10 heteroatoms. The van der Waals surface area contributed by atoms with Gasteiger partial charge in [-0.25, -0.2) is 9.37 Å². The largest absolute Gasteiger partial charge is 0.493 e. The SMILES string of the molecule is CCc1nc2c(OC)cccn2c1C(=O)NCc1ccc(N2CCN(c3ccc(OC(C)(F)CF)cc3)CC2)cc1. The van der Waals surface area contributed by atoms with Crippen LogP contribution in [0.2, 0.25) is 0 Å². The lowest BCUT2D eigenvalue weighted by atomic mass is 10.1. The summed E-state index contributed by atoms with van der Waals surface area (Å²) < 4.78 is 38.8. The fraction of sp³-hybridized carbons (Fsp3) is 0.355. The number of benzene rings is 2. The molecule has 2 aromatic heterocycles. The lowest BCUT2D eigenvalue weighted by molar-refractivity contribution is -0.0622. The summed E-state index contributed by atoms with van der Waals surface area (Å²) in [6.45, 7) is 5.59. The van der Waals surface area contributed by atoms with Gasteiger partial charge in [-0.2, -0.15) is 4.39 Å². The van der Waals surface area contributed by atoms with Crippen LogP contribution in [0.4, 0.5) is 20.2 Å². The van der Waals surface area contributed by atoms with Crippen molar-refractivity contribution in [3.8, 4) is 11.5 Å². The van der Waals surface area contributed by atoms with Gasteiger partial charge in [0.2, 0.25) is 0 Å². The molecule has 0 radical (unpaired) electrons. The first-order valence-electron chi connectivity index (χ1n) is 13.8. The van der Waals surface area contributed by atoms with Gasteiger partial charge in [-0.3, -0.25) is 9.20 Å². The Labute approximate surface area is 238 Å². The van der Waals surface area contributed by atoms with Gasteiger partial charge in [0.15, 0.2) is 18.1 Å². The highest BCUT2D eigenvalue weighted by atomic mass is 19.2. The summed E-state index contributed by atoms with van der Waals surface area (Å²) >= 11 is 0. The van der Waals surface area contributed by atoms with Crippen LogP contribution in [0.3, 0.4) is 0 Å². The van der Waals surface area contributed by atoms with Crippen molar-refractivity contribution in [2.45, 2.75) is 32.7 Å². The van der Waals surface area contributed by atoms with Crippen LogP contribution >= 0.6 is 0 Å². The number of fused-ring (bicyclic) bond motifs is 1. The van der Waals surface area contributed by atoms with Gasteiger partial charge in [-0.1, -0.05) is 19.1 Å². The van der Waals surface area contributed by atoms with Crippen molar-refractivity contribution in [2.24, 2.45) is 0 Å². The smallest absolute Gasteiger partial charge is 0.273 e. The molecule has 41 heavy (non-hydrogen) atoms. The maximum absolute atomic E-state index is 13.8. The topological polar surface area (TPSA) is 71.3 Å². The number of piperazine rings is 1. The molecule has 216 valence electrons. The van der Waals surface area contributed by atoms with Crippen molar-refractivity contribution in [3.63, 3.8) is 0 Å². The molecule has 1 aliphatic rings. The zero-order valence-corrected chi connectivity index (χ0v) is 23.6. The highest BCUT2D eigenvalue weighted by Crippen LogP contribution is 2.26. The van der Waals surface area contributed by atoms with E-state index < -0.39 is 12.5 Å². The summed E-state index contributed by atoms with van der Waals surface area (Å²) in [7, 11) is 1.59. The number of carbonyl (C=O) groups excluding carboxylic acids is 1. The molecule has 1 unspecified atom stereocenters. The number of methoxy groups -OCH3 is 1. The van der Waals surface area contributed by atoms with E-state index >= 15 is 0 Å². The van der Waals surface area contributed by atoms with E-state index in [2.05, 4.69) is 32.2 Å². The van der Waals surface area contributed by atoms with Crippen molar-refractivity contribution in [2.75, 3.05) is 49.8 Å². The maximum atomic E-state index is 13.8. The number of aryl methyl sites for hydroxylation is 1. The zero-order valence-electron chi connectivity index (χ0n) is 23.6. The quantitative estimate of drug-likeness (QED) is 0.286. The van der Waals surface area contributed by atoms with Crippen molar-refractivity contribution in [1.29, 1.82) is 0 Å². The number of anilines is 2. The van der Waals surface area contributed by atoms with E-state index in [1.54, 1.807) is 23.6 Å². The Balaban J connectivity index is 1.16. The van der Waals surface area contributed by atoms with Crippen LogP contribution in [-0.4, -0.2) is 61.1 Å². The molecular weight excluding hydrogens is 528 g/mol. The molecule has 1 saturated heterocycles.